The summed E-state index contributed by atoms with van der Waals surface area (Å²) < 4.78 is 4.60. The van der Waals surface area contributed by atoms with Crippen LogP contribution < -0.4 is 0 Å². The Balaban J connectivity index is 2.88. The Labute approximate surface area is 93.9 Å². The van der Waals surface area contributed by atoms with Crippen LogP contribution in [0.5, 0.6) is 0 Å². The molecule has 0 fully saturated rings. The van der Waals surface area contributed by atoms with Crippen LogP contribution in [0, 0.1) is 20.8 Å². The normalized spacial score (nSPS) is 9.94. The van der Waals surface area contributed by atoms with E-state index in [4.69, 9.17) is 5.11 Å². The van der Waals surface area contributed by atoms with Crippen molar-refractivity contribution < 1.29 is 19.4 Å². The van der Waals surface area contributed by atoms with Gasteiger partial charge >= 0.3 is 11.9 Å². The highest BCUT2D eigenvalue weighted by atomic mass is 16.5. The largest absolute Gasteiger partial charge is 0.479 e. The molecular weight excluding hydrogens is 208 g/mol. The predicted octanol–water partition coefficient (Wildman–Crippen LogP) is 1.85. The molecule has 0 saturated heterocycles. The molecule has 1 aromatic rings. The summed E-state index contributed by atoms with van der Waals surface area (Å²) in [6.07, 6.45) is 0. The van der Waals surface area contributed by atoms with E-state index in [0.29, 0.717) is 5.56 Å². The molecule has 1 N–H and O–H groups in total. The Morgan fingerprint density at radius 3 is 2.12 bits per heavy atom. The highest BCUT2D eigenvalue weighted by molar-refractivity contribution is 5.91. The monoisotopic (exact) mass is 222 g/mol. The third-order valence-electron chi connectivity index (χ3n) is 2.49. The summed E-state index contributed by atoms with van der Waals surface area (Å²) in [5, 5.41) is 8.39. The molecule has 0 bridgehead atoms. The first kappa shape index (κ1) is 12.2. The molecule has 4 nitrogen and oxygen atoms in total. The van der Waals surface area contributed by atoms with Crippen LogP contribution >= 0.6 is 0 Å². The molecule has 0 aliphatic rings. The quantitative estimate of drug-likeness (QED) is 0.793. The van der Waals surface area contributed by atoms with Crippen molar-refractivity contribution in [3.63, 3.8) is 0 Å². The third-order valence-corrected chi connectivity index (χ3v) is 2.49. The van der Waals surface area contributed by atoms with Gasteiger partial charge in [-0.3, -0.25) is 0 Å². The Morgan fingerprint density at radius 2 is 1.69 bits per heavy atom. The molecule has 1 rings (SSSR count). The number of aryl methyl sites for hydroxylation is 2. The molecule has 0 amide bonds. The number of hydrogen-bond donors (Lipinski definition) is 1. The summed E-state index contributed by atoms with van der Waals surface area (Å²) in [5.74, 6) is -1.76. The summed E-state index contributed by atoms with van der Waals surface area (Å²) in [5.41, 5.74) is 3.49. The smallest absolute Gasteiger partial charge is 0.341 e. The first-order valence-electron chi connectivity index (χ1n) is 4.88. The molecule has 0 aliphatic carbocycles. The van der Waals surface area contributed by atoms with Gasteiger partial charge in [-0.2, -0.15) is 0 Å². The Kier molecular flexibility index (Phi) is 3.66. The lowest BCUT2D eigenvalue weighted by Crippen LogP contribution is -2.13. The Morgan fingerprint density at radius 1 is 1.19 bits per heavy atom. The van der Waals surface area contributed by atoms with Crippen molar-refractivity contribution >= 4 is 11.9 Å². The molecule has 4 heteroatoms. The molecule has 0 spiro atoms. The Hall–Kier alpha value is -1.84. The van der Waals surface area contributed by atoms with Gasteiger partial charge < -0.3 is 9.84 Å². The average Bonchev–Trinajstić information content (AvgIpc) is 2.21. The lowest BCUT2D eigenvalue weighted by atomic mass is 10.0. The maximum Gasteiger partial charge on any atom is 0.341 e. The molecule has 0 heterocycles. The van der Waals surface area contributed by atoms with Crippen LogP contribution in [0.3, 0.4) is 0 Å². The van der Waals surface area contributed by atoms with Crippen molar-refractivity contribution in [1.29, 1.82) is 0 Å². The van der Waals surface area contributed by atoms with Crippen molar-refractivity contribution in [2.24, 2.45) is 0 Å². The number of carbonyl (C=O) groups excluding carboxylic acids is 1. The fraction of sp³-hybridized carbons (Fsp3) is 0.333. The molecule has 0 aliphatic heterocycles. The van der Waals surface area contributed by atoms with E-state index in [9.17, 15) is 9.59 Å². The zero-order valence-electron chi connectivity index (χ0n) is 9.53. The number of esters is 1. The van der Waals surface area contributed by atoms with E-state index in [1.54, 1.807) is 12.1 Å². The molecule has 0 radical (unpaired) electrons. The number of carboxylic acids is 1. The van der Waals surface area contributed by atoms with E-state index in [2.05, 4.69) is 4.74 Å². The number of rotatable bonds is 3. The minimum Gasteiger partial charge on any atom is -0.479 e. The van der Waals surface area contributed by atoms with E-state index >= 15 is 0 Å². The standard InChI is InChI=1S/C12H14O4/c1-7-4-10(5-8(2)9(7)3)12(15)16-6-11(13)14/h4-5H,6H2,1-3H3,(H,13,14). The summed E-state index contributed by atoms with van der Waals surface area (Å²) >= 11 is 0. The summed E-state index contributed by atoms with van der Waals surface area (Å²) in [4.78, 5) is 21.7. The van der Waals surface area contributed by atoms with Crippen molar-refractivity contribution in [2.75, 3.05) is 6.61 Å². The molecule has 0 unspecified atom stereocenters. The van der Waals surface area contributed by atoms with Crippen LogP contribution in [0.1, 0.15) is 27.0 Å². The molecular formula is C12H14O4. The summed E-state index contributed by atoms with van der Waals surface area (Å²) in [6.45, 7) is 5.16. The van der Waals surface area contributed by atoms with Gasteiger partial charge in [0.05, 0.1) is 5.56 Å². The van der Waals surface area contributed by atoms with Gasteiger partial charge in [0, 0.05) is 0 Å². The molecule has 0 atom stereocenters. The van der Waals surface area contributed by atoms with Crippen LogP contribution in [0.2, 0.25) is 0 Å². The van der Waals surface area contributed by atoms with E-state index in [1.165, 1.54) is 0 Å². The first-order chi connectivity index (χ1) is 7.41. The zero-order chi connectivity index (χ0) is 12.3. The second-order valence-electron chi connectivity index (χ2n) is 3.70. The van der Waals surface area contributed by atoms with Crippen LogP contribution in [0.25, 0.3) is 0 Å². The maximum atomic E-state index is 11.5. The van der Waals surface area contributed by atoms with Crippen LogP contribution in [0.4, 0.5) is 0 Å². The summed E-state index contributed by atoms with van der Waals surface area (Å²) in [7, 11) is 0. The predicted molar refractivity (Wildman–Crippen MR) is 58.6 cm³/mol. The van der Waals surface area contributed by atoms with E-state index in [-0.39, 0.29) is 0 Å². The van der Waals surface area contributed by atoms with E-state index < -0.39 is 18.5 Å². The molecule has 0 saturated carbocycles. The number of aliphatic carboxylic acids is 1. The zero-order valence-corrected chi connectivity index (χ0v) is 9.53. The molecule has 1 aromatic carbocycles. The minimum absolute atomic E-state index is 0.391. The lowest BCUT2D eigenvalue weighted by molar-refractivity contribution is -0.140. The maximum absolute atomic E-state index is 11.5. The summed E-state index contributed by atoms with van der Waals surface area (Å²) in [6, 6.07) is 3.40. The van der Waals surface area contributed by atoms with Crippen LogP contribution in [0.15, 0.2) is 12.1 Å². The van der Waals surface area contributed by atoms with E-state index in [0.717, 1.165) is 16.7 Å². The van der Waals surface area contributed by atoms with Gasteiger partial charge in [-0.1, -0.05) is 0 Å². The first-order valence-corrected chi connectivity index (χ1v) is 4.88. The average molecular weight is 222 g/mol. The van der Waals surface area contributed by atoms with Gasteiger partial charge in [0.1, 0.15) is 0 Å². The van der Waals surface area contributed by atoms with E-state index in [1.807, 2.05) is 20.8 Å². The van der Waals surface area contributed by atoms with Gasteiger partial charge in [0.2, 0.25) is 0 Å². The molecule has 0 aromatic heterocycles. The minimum atomic E-state index is -1.16. The lowest BCUT2D eigenvalue weighted by Gasteiger charge is -2.08. The van der Waals surface area contributed by atoms with Crippen molar-refractivity contribution in [3.05, 3.63) is 34.4 Å². The fourth-order valence-corrected chi connectivity index (χ4v) is 1.36. The molecule has 16 heavy (non-hydrogen) atoms. The van der Waals surface area contributed by atoms with Crippen LogP contribution in [-0.2, 0) is 9.53 Å². The van der Waals surface area contributed by atoms with Crippen molar-refractivity contribution in [1.82, 2.24) is 0 Å². The van der Waals surface area contributed by atoms with Gasteiger partial charge in [0.15, 0.2) is 6.61 Å². The van der Waals surface area contributed by atoms with Gasteiger partial charge in [0.25, 0.3) is 0 Å². The third kappa shape index (κ3) is 2.82. The number of carbonyl (C=O) groups is 2. The van der Waals surface area contributed by atoms with Crippen LogP contribution in [-0.4, -0.2) is 23.7 Å². The van der Waals surface area contributed by atoms with Gasteiger partial charge in [-0.15, -0.1) is 0 Å². The number of hydrogen-bond acceptors (Lipinski definition) is 3. The second kappa shape index (κ2) is 4.79. The highest BCUT2D eigenvalue weighted by Crippen LogP contribution is 2.16. The van der Waals surface area contributed by atoms with Gasteiger partial charge in [-0.25, -0.2) is 9.59 Å². The molecule has 86 valence electrons. The van der Waals surface area contributed by atoms with Crippen molar-refractivity contribution in [2.45, 2.75) is 20.8 Å². The number of carboxylic acid groups (broad SMARTS) is 1. The highest BCUT2D eigenvalue weighted by Gasteiger charge is 2.11. The van der Waals surface area contributed by atoms with Crippen molar-refractivity contribution in [3.8, 4) is 0 Å². The number of ether oxygens (including phenoxy) is 1. The topological polar surface area (TPSA) is 63.6 Å². The fourth-order valence-electron chi connectivity index (χ4n) is 1.36. The second-order valence-corrected chi connectivity index (χ2v) is 3.70. The SMILES string of the molecule is Cc1cc(C(=O)OCC(=O)O)cc(C)c1C. The Bertz CT molecular complexity index is 412. The van der Waals surface area contributed by atoms with Gasteiger partial charge in [-0.05, 0) is 49.6 Å². The number of benzene rings is 1.